The number of likely N-dealkylation sites (tertiary alicyclic amines) is 1. The molecular formula is C20H26N6O. The summed E-state index contributed by atoms with van der Waals surface area (Å²) in [4.78, 5) is 18.9. The van der Waals surface area contributed by atoms with Gasteiger partial charge in [0.1, 0.15) is 11.9 Å². The standard InChI is InChI=1S/C20H26N6O/c21-11-16-6-7-18(23-13-16)24-15-20(8-2-1-3-9-20)25-19(27)14-26-10-4-5-17(26)12-22/h6-7,13,17H,1-5,8-10,14-15H2,(H,23,24)(H,25,27)/t17-/m0/s1. The number of aromatic nitrogens is 1. The Balaban J connectivity index is 1.60. The quantitative estimate of drug-likeness (QED) is 0.799. The predicted molar refractivity (Wildman–Crippen MR) is 102 cm³/mol. The first kappa shape index (κ1) is 19.1. The topological polar surface area (TPSA) is 105 Å². The molecule has 3 rings (SSSR count). The molecule has 0 bridgehead atoms. The second-order valence-electron chi connectivity index (χ2n) is 7.54. The third-order valence-corrected chi connectivity index (χ3v) is 5.58. The van der Waals surface area contributed by atoms with E-state index in [9.17, 15) is 10.1 Å². The van der Waals surface area contributed by atoms with Gasteiger partial charge in [-0.25, -0.2) is 4.98 Å². The number of pyridine rings is 1. The highest BCUT2D eigenvalue weighted by atomic mass is 16.2. The Morgan fingerprint density at radius 3 is 2.74 bits per heavy atom. The molecule has 142 valence electrons. The van der Waals surface area contributed by atoms with Crippen LogP contribution < -0.4 is 10.6 Å². The summed E-state index contributed by atoms with van der Waals surface area (Å²) in [5.74, 6) is 0.700. The number of amides is 1. The second-order valence-corrected chi connectivity index (χ2v) is 7.54. The molecule has 7 nitrogen and oxygen atoms in total. The van der Waals surface area contributed by atoms with Crippen LogP contribution in [0.1, 0.15) is 50.5 Å². The Bertz CT molecular complexity index is 726. The molecule has 0 spiro atoms. The minimum atomic E-state index is -0.285. The maximum Gasteiger partial charge on any atom is 0.234 e. The Kier molecular flexibility index (Phi) is 6.26. The molecule has 1 aromatic rings. The van der Waals surface area contributed by atoms with E-state index in [0.717, 1.165) is 45.1 Å². The van der Waals surface area contributed by atoms with E-state index in [-0.39, 0.29) is 24.0 Å². The molecule has 1 atom stereocenters. The molecule has 1 amide bonds. The maximum atomic E-state index is 12.7. The van der Waals surface area contributed by atoms with E-state index in [2.05, 4.69) is 27.8 Å². The van der Waals surface area contributed by atoms with E-state index in [1.54, 1.807) is 18.3 Å². The molecule has 27 heavy (non-hydrogen) atoms. The molecule has 0 unspecified atom stereocenters. The van der Waals surface area contributed by atoms with Crippen LogP contribution >= 0.6 is 0 Å². The van der Waals surface area contributed by atoms with Crippen molar-refractivity contribution >= 4 is 11.7 Å². The number of hydrogen-bond donors (Lipinski definition) is 2. The first-order valence-corrected chi connectivity index (χ1v) is 9.69. The fourth-order valence-corrected chi connectivity index (χ4v) is 4.08. The molecular weight excluding hydrogens is 340 g/mol. The van der Waals surface area contributed by atoms with Gasteiger partial charge in [-0.15, -0.1) is 0 Å². The zero-order valence-corrected chi connectivity index (χ0v) is 15.6. The summed E-state index contributed by atoms with van der Waals surface area (Å²) in [6, 6.07) is 7.74. The largest absolute Gasteiger partial charge is 0.368 e. The van der Waals surface area contributed by atoms with E-state index in [4.69, 9.17) is 5.26 Å². The number of nitriles is 2. The minimum absolute atomic E-state index is 0.00589. The fraction of sp³-hybridized carbons (Fsp3) is 0.600. The van der Waals surface area contributed by atoms with E-state index in [1.807, 2.05) is 4.90 Å². The number of rotatable bonds is 6. The Hall–Kier alpha value is -2.64. The monoisotopic (exact) mass is 366 g/mol. The van der Waals surface area contributed by atoms with Crippen LogP contribution in [-0.4, -0.2) is 47.0 Å². The van der Waals surface area contributed by atoms with Crippen LogP contribution in [0.15, 0.2) is 18.3 Å². The van der Waals surface area contributed by atoms with Crippen LogP contribution in [0.25, 0.3) is 0 Å². The molecule has 2 N–H and O–H groups in total. The third-order valence-electron chi connectivity index (χ3n) is 5.58. The molecule has 2 heterocycles. The van der Waals surface area contributed by atoms with Gasteiger partial charge in [-0.05, 0) is 37.8 Å². The molecule has 1 aliphatic carbocycles. The molecule has 1 saturated carbocycles. The molecule has 1 aromatic heterocycles. The van der Waals surface area contributed by atoms with Crippen LogP contribution in [0.5, 0.6) is 0 Å². The van der Waals surface area contributed by atoms with E-state index in [1.165, 1.54) is 6.42 Å². The Morgan fingerprint density at radius 2 is 2.07 bits per heavy atom. The number of nitrogens with zero attached hydrogens (tertiary/aromatic N) is 4. The van der Waals surface area contributed by atoms with Crippen LogP contribution in [0.4, 0.5) is 5.82 Å². The summed E-state index contributed by atoms with van der Waals surface area (Å²) in [6.07, 6.45) is 8.61. The van der Waals surface area contributed by atoms with E-state index < -0.39 is 0 Å². The number of anilines is 1. The highest BCUT2D eigenvalue weighted by Gasteiger charge is 2.35. The highest BCUT2D eigenvalue weighted by Crippen LogP contribution is 2.29. The van der Waals surface area contributed by atoms with Gasteiger partial charge in [-0.2, -0.15) is 10.5 Å². The average molecular weight is 366 g/mol. The van der Waals surface area contributed by atoms with E-state index >= 15 is 0 Å². The predicted octanol–water partition coefficient (Wildman–Crippen LogP) is 2.17. The van der Waals surface area contributed by atoms with Gasteiger partial charge < -0.3 is 10.6 Å². The third kappa shape index (κ3) is 4.96. The van der Waals surface area contributed by atoms with Crippen molar-refractivity contribution in [2.45, 2.75) is 56.5 Å². The summed E-state index contributed by atoms with van der Waals surface area (Å²) in [6.45, 7) is 1.71. The van der Waals surface area contributed by atoms with Crippen molar-refractivity contribution in [3.63, 3.8) is 0 Å². The lowest BCUT2D eigenvalue weighted by atomic mass is 9.81. The zero-order chi connectivity index (χ0) is 19.1. The van der Waals surface area contributed by atoms with Crippen molar-refractivity contribution in [1.82, 2.24) is 15.2 Å². The maximum absolute atomic E-state index is 12.7. The van der Waals surface area contributed by atoms with Crippen molar-refractivity contribution in [2.24, 2.45) is 0 Å². The Labute approximate surface area is 160 Å². The molecule has 0 aromatic carbocycles. The van der Waals surface area contributed by atoms with Gasteiger partial charge in [-0.3, -0.25) is 9.69 Å². The van der Waals surface area contributed by atoms with Gasteiger partial charge >= 0.3 is 0 Å². The average Bonchev–Trinajstić information content (AvgIpc) is 3.14. The lowest BCUT2D eigenvalue weighted by Crippen LogP contribution is -2.56. The summed E-state index contributed by atoms with van der Waals surface area (Å²) in [5, 5.41) is 24.7. The number of carbonyl (C=O) groups is 1. The fourth-order valence-electron chi connectivity index (χ4n) is 4.08. The van der Waals surface area contributed by atoms with Gasteiger partial charge in [0.25, 0.3) is 0 Å². The van der Waals surface area contributed by atoms with Gasteiger partial charge in [0.2, 0.25) is 5.91 Å². The van der Waals surface area contributed by atoms with Crippen LogP contribution in [0, 0.1) is 22.7 Å². The summed E-state index contributed by atoms with van der Waals surface area (Å²) in [7, 11) is 0. The lowest BCUT2D eigenvalue weighted by molar-refractivity contribution is -0.124. The summed E-state index contributed by atoms with van der Waals surface area (Å²) >= 11 is 0. The van der Waals surface area contributed by atoms with E-state index in [0.29, 0.717) is 17.9 Å². The van der Waals surface area contributed by atoms with Gasteiger partial charge in [0, 0.05) is 19.3 Å². The highest BCUT2D eigenvalue weighted by molar-refractivity contribution is 5.79. The number of carbonyl (C=O) groups excluding carboxylic acids is 1. The number of hydrogen-bond acceptors (Lipinski definition) is 6. The summed E-state index contributed by atoms with van der Waals surface area (Å²) < 4.78 is 0. The van der Waals surface area contributed by atoms with Gasteiger partial charge in [0.05, 0.1) is 29.8 Å². The van der Waals surface area contributed by atoms with Crippen molar-refractivity contribution in [3.8, 4) is 12.1 Å². The normalized spacial score (nSPS) is 21.8. The smallest absolute Gasteiger partial charge is 0.234 e. The molecule has 2 fully saturated rings. The number of nitrogens with one attached hydrogen (secondary N) is 2. The minimum Gasteiger partial charge on any atom is -0.368 e. The van der Waals surface area contributed by atoms with Crippen molar-refractivity contribution in [1.29, 1.82) is 10.5 Å². The van der Waals surface area contributed by atoms with Crippen molar-refractivity contribution < 1.29 is 4.79 Å². The van der Waals surface area contributed by atoms with Gasteiger partial charge in [-0.1, -0.05) is 19.3 Å². The SMILES string of the molecule is N#Cc1ccc(NCC2(NC(=O)CN3CCC[C@H]3C#N)CCCCC2)nc1. The molecule has 2 aliphatic rings. The van der Waals surface area contributed by atoms with Crippen LogP contribution in [-0.2, 0) is 4.79 Å². The molecule has 7 heteroatoms. The Morgan fingerprint density at radius 1 is 1.26 bits per heavy atom. The molecule has 1 aliphatic heterocycles. The zero-order valence-electron chi connectivity index (χ0n) is 15.6. The van der Waals surface area contributed by atoms with Crippen LogP contribution in [0.2, 0.25) is 0 Å². The lowest BCUT2D eigenvalue weighted by Gasteiger charge is -2.39. The second kappa shape index (κ2) is 8.83. The molecule has 1 saturated heterocycles. The first-order valence-electron chi connectivity index (χ1n) is 9.69. The van der Waals surface area contributed by atoms with Crippen molar-refractivity contribution in [2.75, 3.05) is 25.0 Å². The summed E-state index contributed by atoms with van der Waals surface area (Å²) in [5.41, 5.74) is 0.242. The van der Waals surface area contributed by atoms with Gasteiger partial charge in [0.15, 0.2) is 0 Å². The van der Waals surface area contributed by atoms with Crippen molar-refractivity contribution in [3.05, 3.63) is 23.9 Å². The molecule has 0 radical (unpaired) electrons. The van der Waals surface area contributed by atoms with Crippen LogP contribution in [0.3, 0.4) is 0 Å². The first-order chi connectivity index (χ1) is 13.1.